The van der Waals surface area contributed by atoms with E-state index in [0.717, 1.165) is 6.42 Å². The topological polar surface area (TPSA) is 15.3 Å². The number of nitrogens with one attached hydrogen (secondary N) is 1. The molecule has 1 unspecified atom stereocenters. The van der Waals surface area contributed by atoms with E-state index in [9.17, 15) is 0 Å². The molecule has 2 nitrogen and oxygen atoms in total. The molecule has 0 aliphatic carbocycles. The fourth-order valence-electron chi connectivity index (χ4n) is 2.46. The van der Waals surface area contributed by atoms with E-state index in [2.05, 4.69) is 49.4 Å². The van der Waals surface area contributed by atoms with Crippen molar-refractivity contribution in [1.82, 2.24) is 5.32 Å². The van der Waals surface area contributed by atoms with E-state index in [1.807, 2.05) is 0 Å². The lowest BCUT2D eigenvalue weighted by atomic mass is 10.0. The Labute approximate surface area is 98.7 Å². The molecule has 0 radical (unpaired) electrons. The van der Waals surface area contributed by atoms with E-state index in [1.165, 1.54) is 36.2 Å². The van der Waals surface area contributed by atoms with Crippen LogP contribution in [0.1, 0.15) is 24.0 Å². The van der Waals surface area contributed by atoms with Crippen molar-refractivity contribution in [1.29, 1.82) is 0 Å². The smallest absolute Gasteiger partial charge is 0.0396 e. The SMILES string of the molecule is Cc1ccc(CC2CCCN2)c(N(C)C)c1. The summed E-state index contributed by atoms with van der Waals surface area (Å²) in [5, 5.41) is 3.57. The van der Waals surface area contributed by atoms with Crippen LogP contribution < -0.4 is 10.2 Å². The van der Waals surface area contributed by atoms with Crippen molar-refractivity contribution >= 4 is 5.69 Å². The zero-order valence-electron chi connectivity index (χ0n) is 10.6. The summed E-state index contributed by atoms with van der Waals surface area (Å²) >= 11 is 0. The highest BCUT2D eigenvalue weighted by molar-refractivity contribution is 5.54. The fourth-order valence-corrected chi connectivity index (χ4v) is 2.46. The molecule has 1 fully saturated rings. The second-order valence-electron chi connectivity index (χ2n) is 5.02. The Hall–Kier alpha value is -1.02. The molecule has 0 saturated carbocycles. The molecule has 1 aromatic carbocycles. The van der Waals surface area contributed by atoms with Gasteiger partial charge in [-0.25, -0.2) is 0 Å². The van der Waals surface area contributed by atoms with E-state index >= 15 is 0 Å². The van der Waals surface area contributed by atoms with Crippen molar-refractivity contribution in [3.63, 3.8) is 0 Å². The summed E-state index contributed by atoms with van der Waals surface area (Å²) in [7, 11) is 4.25. The van der Waals surface area contributed by atoms with E-state index in [1.54, 1.807) is 0 Å². The van der Waals surface area contributed by atoms with Crippen LogP contribution in [0.25, 0.3) is 0 Å². The van der Waals surface area contributed by atoms with Gasteiger partial charge in [-0.1, -0.05) is 12.1 Å². The van der Waals surface area contributed by atoms with Gasteiger partial charge >= 0.3 is 0 Å². The zero-order valence-corrected chi connectivity index (χ0v) is 10.6. The maximum atomic E-state index is 3.57. The summed E-state index contributed by atoms with van der Waals surface area (Å²) in [5.41, 5.74) is 4.18. The number of benzene rings is 1. The van der Waals surface area contributed by atoms with Crippen molar-refractivity contribution in [2.24, 2.45) is 0 Å². The van der Waals surface area contributed by atoms with Crippen LogP contribution in [0.2, 0.25) is 0 Å². The van der Waals surface area contributed by atoms with Gasteiger partial charge in [0, 0.05) is 25.8 Å². The molecule has 2 rings (SSSR count). The predicted molar refractivity (Wildman–Crippen MR) is 70.2 cm³/mol. The lowest BCUT2D eigenvalue weighted by Gasteiger charge is -2.20. The van der Waals surface area contributed by atoms with Gasteiger partial charge in [0.1, 0.15) is 0 Å². The fraction of sp³-hybridized carbons (Fsp3) is 0.571. The number of nitrogens with zero attached hydrogens (tertiary/aromatic N) is 1. The van der Waals surface area contributed by atoms with Gasteiger partial charge in [-0.15, -0.1) is 0 Å². The van der Waals surface area contributed by atoms with Crippen LogP contribution in [0.4, 0.5) is 5.69 Å². The van der Waals surface area contributed by atoms with Crippen LogP contribution in [0.3, 0.4) is 0 Å². The molecule has 16 heavy (non-hydrogen) atoms. The second kappa shape index (κ2) is 4.88. The van der Waals surface area contributed by atoms with Gasteiger partial charge in [-0.05, 0) is 49.9 Å². The molecule has 1 aliphatic rings. The molecule has 1 heterocycles. The summed E-state index contributed by atoms with van der Waals surface area (Å²) in [6.45, 7) is 3.35. The lowest BCUT2D eigenvalue weighted by molar-refractivity contribution is 0.603. The Morgan fingerprint density at radius 2 is 2.19 bits per heavy atom. The Morgan fingerprint density at radius 3 is 2.81 bits per heavy atom. The molecule has 0 amide bonds. The highest BCUT2D eigenvalue weighted by Crippen LogP contribution is 2.23. The van der Waals surface area contributed by atoms with Gasteiger partial charge in [0.05, 0.1) is 0 Å². The predicted octanol–water partition coefficient (Wildman–Crippen LogP) is 2.36. The van der Waals surface area contributed by atoms with Gasteiger partial charge in [0.2, 0.25) is 0 Å². The highest BCUT2D eigenvalue weighted by atomic mass is 15.1. The first kappa shape index (κ1) is 11.5. The minimum atomic E-state index is 0.682. The minimum absolute atomic E-state index is 0.682. The standard InChI is InChI=1S/C14H22N2/c1-11-6-7-12(14(9-11)16(2)3)10-13-5-4-8-15-13/h6-7,9,13,15H,4-5,8,10H2,1-3H3. The summed E-state index contributed by atoms with van der Waals surface area (Å²) < 4.78 is 0. The highest BCUT2D eigenvalue weighted by Gasteiger charge is 2.16. The van der Waals surface area contributed by atoms with Gasteiger partial charge in [-0.2, -0.15) is 0 Å². The normalized spacial score (nSPS) is 20.1. The van der Waals surface area contributed by atoms with Crippen molar-refractivity contribution < 1.29 is 0 Å². The van der Waals surface area contributed by atoms with E-state index in [-0.39, 0.29) is 0 Å². The molecule has 1 atom stereocenters. The van der Waals surface area contributed by atoms with Crippen LogP contribution in [-0.4, -0.2) is 26.7 Å². The first-order chi connectivity index (χ1) is 7.66. The summed E-state index contributed by atoms with van der Waals surface area (Å²) in [6.07, 6.45) is 3.81. The van der Waals surface area contributed by atoms with Crippen molar-refractivity contribution in [2.75, 3.05) is 25.5 Å². The van der Waals surface area contributed by atoms with E-state index < -0.39 is 0 Å². The Morgan fingerprint density at radius 1 is 1.38 bits per heavy atom. The molecule has 2 heteroatoms. The van der Waals surface area contributed by atoms with Crippen molar-refractivity contribution in [3.8, 4) is 0 Å². The molecule has 1 aromatic rings. The van der Waals surface area contributed by atoms with Gasteiger partial charge in [0.15, 0.2) is 0 Å². The largest absolute Gasteiger partial charge is 0.377 e. The third-order valence-corrected chi connectivity index (χ3v) is 3.35. The van der Waals surface area contributed by atoms with Crippen molar-refractivity contribution in [2.45, 2.75) is 32.2 Å². The first-order valence-electron chi connectivity index (χ1n) is 6.17. The lowest BCUT2D eigenvalue weighted by Crippen LogP contribution is -2.24. The minimum Gasteiger partial charge on any atom is -0.377 e. The molecule has 0 spiro atoms. The number of aryl methyl sites for hydroxylation is 1. The number of rotatable bonds is 3. The van der Waals surface area contributed by atoms with E-state index in [4.69, 9.17) is 0 Å². The van der Waals surface area contributed by atoms with Crippen LogP contribution in [0.5, 0.6) is 0 Å². The second-order valence-corrected chi connectivity index (χ2v) is 5.02. The average molecular weight is 218 g/mol. The molecule has 0 bridgehead atoms. The third kappa shape index (κ3) is 2.56. The van der Waals surface area contributed by atoms with Crippen molar-refractivity contribution in [3.05, 3.63) is 29.3 Å². The zero-order chi connectivity index (χ0) is 11.5. The van der Waals surface area contributed by atoms with Gasteiger partial charge in [0.25, 0.3) is 0 Å². The van der Waals surface area contributed by atoms with E-state index in [0.29, 0.717) is 6.04 Å². The number of anilines is 1. The third-order valence-electron chi connectivity index (χ3n) is 3.35. The average Bonchev–Trinajstić information content (AvgIpc) is 2.73. The van der Waals surface area contributed by atoms with Gasteiger partial charge in [-0.3, -0.25) is 0 Å². The Kier molecular flexibility index (Phi) is 3.49. The maximum absolute atomic E-state index is 3.57. The molecule has 0 aromatic heterocycles. The Balaban J connectivity index is 2.18. The molecule has 88 valence electrons. The Bertz CT molecular complexity index is 352. The van der Waals surface area contributed by atoms with Crippen LogP contribution in [0.15, 0.2) is 18.2 Å². The molecule has 1 aliphatic heterocycles. The van der Waals surface area contributed by atoms with Crippen LogP contribution in [0, 0.1) is 6.92 Å². The summed E-state index contributed by atoms with van der Waals surface area (Å²) in [6, 6.07) is 7.47. The summed E-state index contributed by atoms with van der Waals surface area (Å²) in [4.78, 5) is 2.22. The monoisotopic (exact) mass is 218 g/mol. The molecular weight excluding hydrogens is 196 g/mol. The van der Waals surface area contributed by atoms with Crippen LogP contribution in [-0.2, 0) is 6.42 Å². The molecule has 1 saturated heterocycles. The number of hydrogen-bond donors (Lipinski definition) is 1. The van der Waals surface area contributed by atoms with Crippen LogP contribution >= 0.6 is 0 Å². The number of hydrogen-bond acceptors (Lipinski definition) is 2. The quantitative estimate of drug-likeness (QED) is 0.838. The molecular formula is C14H22N2. The first-order valence-corrected chi connectivity index (χ1v) is 6.17. The summed E-state index contributed by atoms with van der Waals surface area (Å²) in [5.74, 6) is 0. The van der Waals surface area contributed by atoms with Gasteiger partial charge < -0.3 is 10.2 Å². The maximum Gasteiger partial charge on any atom is 0.0396 e. The molecule has 1 N–H and O–H groups in total.